The molecule has 4 heterocycles. The van der Waals surface area contributed by atoms with Crippen molar-refractivity contribution in [1.82, 2.24) is 19.9 Å². The molecule has 2 saturated heterocycles. The van der Waals surface area contributed by atoms with Crippen molar-refractivity contribution in [2.24, 2.45) is 0 Å². The van der Waals surface area contributed by atoms with Gasteiger partial charge in [-0.25, -0.2) is 0 Å². The molecule has 25 heavy (non-hydrogen) atoms. The highest BCUT2D eigenvalue weighted by Gasteiger charge is 2.18. The van der Waals surface area contributed by atoms with Crippen molar-refractivity contribution in [3.05, 3.63) is 11.8 Å². The first kappa shape index (κ1) is 16.6. The van der Waals surface area contributed by atoms with Crippen LogP contribution >= 0.6 is 0 Å². The molecule has 2 N–H and O–H groups in total. The van der Waals surface area contributed by atoms with Gasteiger partial charge in [0.05, 0.1) is 18.6 Å². The molecular weight excluding hydrogens is 316 g/mol. The molecule has 2 fully saturated rings. The Morgan fingerprint density at radius 3 is 2.76 bits per heavy atom. The summed E-state index contributed by atoms with van der Waals surface area (Å²) in [5.74, 6) is 1.81. The van der Waals surface area contributed by atoms with Gasteiger partial charge in [-0.05, 0) is 38.8 Å². The number of aryl methyl sites for hydroxylation is 1. The van der Waals surface area contributed by atoms with E-state index in [9.17, 15) is 0 Å². The number of nitrogens with zero attached hydrogens (tertiary/aromatic N) is 4. The molecule has 0 atom stereocenters. The third-order valence-corrected chi connectivity index (χ3v) is 5.05. The Labute approximate surface area is 148 Å². The predicted octanol–water partition coefficient (Wildman–Crippen LogP) is 2.00. The van der Waals surface area contributed by atoms with Crippen LogP contribution in [0.3, 0.4) is 0 Å². The summed E-state index contributed by atoms with van der Waals surface area (Å²) in [7, 11) is 0. The molecule has 0 amide bonds. The van der Waals surface area contributed by atoms with E-state index in [1.807, 2.05) is 0 Å². The van der Waals surface area contributed by atoms with E-state index in [1.54, 1.807) is 0 Å². The van der Waals surface area contributed by atoms with Crippen LogP contribution in [0.1, 0.15) is 25.0 Å². The van der Waals surface area contributed by atoms with Gasteiger partial charge in [0.25, 0.3) is 0 Å². The van der Waals surface area contributed by atoms with Crippen LogP contribution < -0.4 is 10.2 Å². The highest BCUT2D eigenvalue weighted by Crippen LogP contribution is 2.26. The quantitative estimate of drug-likeness (QED) is 0.781. The molecule has 7 nitrogen and oxygen atoms in total. The summed E-state index contributed by atoms with van der Waals surface area (Å²) in [4.78, 5) is 17.7. The first-order valence-corrected chi connectivity index (χ1v) is 9.46. The number of nitrogens with one attached hydrogen (secondary N) is 2. The first-order valence-electron chi connectivity index (χ1n) is 9.46. The van der Waals surface area contributed by atoms with Crippen LogP contribution in [0.2, 0.25) is 0 Å². The number of morpholine rings is 1. The van der Waals surface area contributed by atoms with Crippen molar-refractivity contribution in [3.63, 3.8) is 0 Å². The van der Waals surface area contributed by atoms with E-state index >= 15 is 0 Å². The Hall–Kier alpha value is -1.86. The average Bonchev–Trinajstić information content (AvgIpc) is 3.28. The lowest BCUT2D eigenvalue weighted by molar-refractivity contribution is 0.0378. The molecule has 0 radical (unpaired) electrons. The minimum atomic E-state index is 0.850. The number of hydrogen-bond acceptors (Lipinski definition) is 6. The smallest absolute Gasteiger partial charge is 0.229 e. The summed E-state index contributed by atoms with van der Waals surface area (Å²) in [5.41, 5.74) is 2.06. The summed E-state index contributed by atoms with van der Waals surface area (Å²) < 4.78 is 5.41. The van der Waals surface area contributed by atoms with E-state index in [4.69, 9.17) is 14.7 Å². The lowest BCUT2D eigenvalue weighted by Gasteiger charge is -2.26. The second kappa shape index (κ2) is 7.58. The predicted molar refractivity (Wildman–Crippen MR) is 100 cm³/mol. The van der Waals surface area contributed by atoms with E-state index in [1.165, 1.54) is 12.8 Å². The van der Waals surface area contributed by atoms with E-state index < -0.39 is 0 Å². The topological polar surface area (TPSA) is 69.3 Å². The van der Waals surface area contributed by atoms with Gasteiger partial charge >= 0.3 is 0 Å². The molecule has 0 aromatic carbocycles. The van der Waals surface area contributed by atoms with Crippen molar-refractivity contribution < 1.29 is 4.74 Å². The van der Waals surface area contributed by atoms with Crippen LogP contribution in [-0.4, -0.2) is 72.3 Å². The Morgan fingerprint density at radius 1 is 1.16 bits per heavy atom. The molecule has 4 rings (SSSR count). The fourth-order valence-electron chi connectivity index (χ4n) is 3.66. The molecular formula is C18H28N6O. The van der Waals surface area contributed by atoms with Gasteiger partial charge in [0.15, 0.2) is 0 Å². The molecule has 2 aromatic rings. The summed E-state index contributed by atoms with van der Waals surface area (Å²) in [6.45, 7) is 10.0. The summed E-state index contributed by atoms with van der Waals surface area (Å²) in [5, 5.41) is 4.64. The summed E-state index contributed by atoms with van der Waals surface area (Å²) in [6, 6.07) is 2.13. The van der Waals surface area contributed by atoms with Gasteiger partial charge in [0.2, 0.25) is 5.95 Å². The summed E-state index contributed by atoms with van der Waals surface area (Å²) in [6.07, 6.45) is 3.56. The van der Waals surface area contributed by atoms with Gasteiger partial charge in [-0.1, -0.05) is 0 Å². The largest absolute Gasteiger partial charge is 0.379 e. The lowest BCUT2D eigenvalue weighted by atomic mass is 10.3. The van der Waals surface area contributed by atoms with Crippen LogP contribution in [0.5, 0.6) is 0 Å². The standard InChI is InChI=1S/C18H28N6O/c1-14-13-15-16(19-5-4-6-23-9-11-25-12-10-23)21-18(22-17(15)20-14)24-7-2-3-8-24/h13H,2-12H2,1H3,(H2,19,20,21,22). The third-order valence-electron chi connectivity index (χ3n) is 5.05. The number of H-pyrrole nitrogens is 1. The highest BCUT2D eigenvalue weighted by molar-refractivity contribution is 5.89. The monoisotopic (exact) mass is 344 g/mol. The van der Waals surface area contributed by atoms with Gasteiger partial charge in [-0.2, -0.15) is 9.97 Å². The normalized spacial score (nSPS) is 19.0. The number of rotatable bonds is 6. The molecule has 0 bridgehead atoms. The van der Waals surface area contributed by atoms with Crippen LogP contribution in [0.4, 0.5) is 11.8 Å². The van der Waals surface area contributed by atoms with Crippen LogP contribution in [-0.2, 0) is 4.74 Å². The highest BCUT2D eigenvalue weighted by atomic mass is 16.5. The maximum atomic E-state index is 5.41. The second-order valence-electron chi connectivity index (χ2n) is 7.02. The van der Waals surface area contributed by atoms with E-state index in [0.29, 0.717) is 0 Å². The van der Waals surface area contributed by atoms with Crippen LogP contribution in [0.25, 0.3) is 11.0 Å². The molecule has 7 heteroatoms. The Morgan fingerprint density at radius 2 is 1.96 bits per heavy atom. The van der Waals surface area contributed by atoms with Gasteiger partial charge < -0.3 is 19.9 Å². The zero-order valence-corrected chi connectivity index (χ0v) is 15.1. The van der Waals surface area contributed by atoms with Crippen LogP contribution in [0.15, 0.2) is 6.07 Å². The van der Waals surface area contributed by atoms with E-state index in [0.717, 1.165) is 87.4 Å². The van der Waals surface area contributed by atoms with Crippen LogP contribution in [0, 0.1) is 6.92 Å². The van der Waals surface area contributed by atoms with Gasteiger partial charge in [-0.3, -0.25) is 4.90 Å². The Kier molecular flexibility index (Phi) is 5.03. The number of aromatic nitrogens is 3. The number of ether oxygens (including phenoxy) is 1. The number of aromatic amines is 1. The zero-order chi connectivity index (χ0) is 17.1. The Bertz CT molecular complexity index is 703. The molecule has 0 aliphatic carbocycles. The molecule has 0 saturated carbocycles. The molecule has 2 aliphatic rings. The van der Waals surface area contributed by atoms with Gasteiger partial charge in [0.1, 0.15) is 11.5 Å². The van der Waals surface area contributed by atoms with Crippen molar-refractivity contribution in [1.29, 1.82) is 0 Å². The molecule has 2 aromatic heterocycles. The molecule has 0 unspecified atom stereocenters. The lowest BCUT2D eigenvalue weighted by Crippen LogP contribution is -2.37. The minimum Gasteiger partial charge on any atom is -0.379 e. The third kappa shape index (κ3) is 3.88. The first-order chi connectivity index (χ1) is 12.3. The maximum absolute atomic E-state index is 5.41. The average molecular weight is 344 g/mol. The second-order valence-corrected chi connectivity index (χ2v) is 7.02. The fourth-order valence-corrected chi connectivity index (χ4v) is 3.66. The van der Waals surface area contributed by atoms with Gasteiger partial charge in [-0.15, -0.1) is 0 Å². The molecule has 136 valence electrons. The SMILES string of the molecule is Cc1cc2c(NCCCN3CCOCC3)nc(N3CCCC3)nc2[nH]1. The van der Waals surface area contributed by atoms with E-state index in [2.05, 4.69) is 33.1 Å². The number of anilines is 2. The van der Waals surface area contributed by atoms with Crippen molar-refractivity contribution in [2.75, 3.05) is 62.7 Å². The summed E-state index contributed by atoms with van der Waals surface area (Å²) >= 11 is 0. The zero-order valence-electron chi connectivity index (χ0n) is 15.1. The molecule has 2 aliphatic heterocycles. The molecule has 0 spiro atoms. The van der Waals surface area contributed by atoms with Gasteiger partial charge in [0, 0.05) is 38.4 Å². The van der Waals surface area contributed by atoms with E-state index in [-0.39, 0.29) is 0 Å². The van der Waals surface area contributed by atoms with Crippen molar-refractivity contribution in [3.8, 4) is 0 Å². The maximum Gasteiger partial charge on any atom is 0.229 e. The van der Waals surface area contributed by atoms with Crippen molar-refractivity contribution in [2.45, 2.75) is 26.2 Å². The minimum absolute atomic E-state index is 0.850. The Balaban J connectivity index is 1.43. The fraction of sp³-hybridized carbons (Fsp3) is 0.667. The van der Waals surface area contributed by atoms with Crippen molar-refractivity contribution >= 4 is 22.8 Å². The number of fused-ring (bicyclic) bond motifs is 1. The number of hydrogen-bond donors (Lipinski definition) is 2.